The van der Waals surface area contributed by atoms with Crippen molar-refractivity contribution in [3.63, 3.8) is 0 Å². The third kappa shape index (κ3) is 3.61. The number of aliphatic hydroxyl groups is 1. The number of ether oxygens (including phenoxy) is 1. The van der Waals surface area contributed by atoms with Gasteiger partial charge in [-0.15, -0.1) is 0 Å². The summed E-state index contributed by atoms with van der Waals surface area (Å²) in [5.41, 5.74) is 1.72. The summed E-state index contributed by atoms with van der Waals surface area (Å²) in [6, 6.07) is 5.38. The Balaban J connectivity index is 2.78. The van der Waals surface area contributed by atoms with Gasteiger partial charge < -0.3 is 9.84 Å². The second-order valence-electron chi connectivity index (χ2n) is 2.98. The van der Waals surface area contributed by atoms with Gasteiger partial charge in [0.1, 0.15) is 25.6 Å². The summed E-state index contributed by atoms with van der Waals surface area (Å²) < 4.78 is 17.1. The zero-order chi connectivity index (χ0) is 11.1. The molecule has 0 radical (unpaired) electrons. The Morgan fingerprint density at radius 3 is 2.87 bits per heavy atom. The van der Waals surface area contributed by atoms with Gasteiger partial charge in [-0.1, -0.05) is 11.8 Å². The number of halogens is 1. The number of aryl methyl sites for hydroxylation is 1. The van der Waals surface area contributed by atoms with Gasteiger partial charge in [-0.25, -0.2) is 4.39 Å². The van der Waals surface area contributed by atoms with Crippen LogP contribution in [0.15, 0.2) is 18.2 Å². The number of alkyl halides is 1. The largest absolute Gasteiger partial charge is 0.491 e. The first-order valence-corrected chi connectivity index (χ1v) is 4.67. The summed E-state index contributed by atoms with van der Waals surface area (Å²) in [5.74, 6) is 6.02. The third-order valence-electron chi connectivity index (χ3n) is 1.82. The summed E-state index contributed by atoms with van der Waals surface area (Å²) in [6.07, 6.45) is 0. The molecule has 0 aliphatic heterocycles. The predicted octanol–water partition coefficient (Wildman–Crippen LogP) is 1.69. The van der Waals surface area contributed by atoms with E-state index in [1.54, 1.807) is 12.1 Å². The lowest BCUT2D eigenvalue weighted by Crippen LogP contribution is -2.00. The lowest BCUT2D eigenvalue weighted by Gasteiger charge is -2.06. The molecule has 1 N–H and O–H groups in total. The van der Waals surface area contributed by atoms with Gasteiger partial charge in [0.2, 0.25) is 0 Å². The van der Waals surface area contributed by atoms with E-state index in [0.717, 1.165) is 11.1 Å². The molecule has 80 valence electrons. The van der Waals surface area contributed by atoms with E-state index in [1.807, 2.05) is 13.0 Å². The molecule has 0 unspecified atom stereocenters. The molecule has 1 rings (SSSR count). The average molecular weight is 208 g/mol. The molecule has 0 fully saturated rings. The van der Waals surface area contributed by atoms with Crippen molar-refractivity contribution >= 4 is 0 Å². The fraction of sp³-hybridized carbons (Fsp3) is 0.333. The molecule has 0 aromatic heterocycles. The zero-order valence-electron chi connectivity index (χ0n) is 8.59. The van der Waals surface area contributed by atoms with Crippen LogP contribution in [0, 0.1) is 18.8 Å². The Hall–Kier alpha value is -1.53. The highest BCUT2D eigenvalue weighted by atomic mass is 19.1. The summed E-state index contributed by atoms with van der Waals surface area (Å²) >= 11 is 0. The lowest BCUT2D eigenvalue weighted by molar-refractivity contribution is 0.272. The first kappa shape index (κ1) is 11.5. The minimum absolute atomic E-state index is 0.0719. The molecular formula is C12H13FO2. The average Bonchev–Trinajstić information content (AvgIpc) is 2.25. The summed E-state index contributed by atoms with van der Waals surface area (Å²) in [4.78, 5) is 0. The first-order valence-electron chi connectivity index (χ1n) is 4.67. The van der Waals surface area contributed by atoms with Crippen LogP contribution < -0.4 is 4.74 Å². The molecule has 0 atom stereocenters. The van der Waals surface area contributed by atoms with Crippen molar-refractivity contribution in [1.82, 2.24) is 0 Å². The number of hydrogen-bond donors (Lipinski definition) is 1. The molecule has 0 spiro atoms. The first-order chi connectivity index (χ1) is 7.27. The molecule has 15 heavy (non-hydrogen) atoms. The van der Waals surface area contributed by atoms with Crippen LogP contribution in [0.3, 0.4) is 0 Å². The number of hydrogen-bond acceptors (Lipinski definition) is 2. The lowest BCUT2D eigenvalue weighted by atomic mass is 10.1. The maximum absolute atomic E-state index is 11.9. The molecule has 1 aromatic carbocycles. The van der Waals surface area contributed by atoms with E-state index in [2.05, 4.69) is 11.8 Å². The minimum Gasteiger partial charge on any atom is -0.491 e. The molecular weight excluding hydrogens is 195 g/mol. The van der Waals surface area contributed by atoms with Crippen LogP contribution in [0.2, 0.25) is 0 Å². The second-order valence-corrected chi connectivity index (χ2v) is 2.98. The van der Waals surface area contributed by atoms with Crippen molar-refractivity contribution in [2.75, 3.05) is 19.9 Å². The van der Waals surface area contributed by atoms with Gasteiger partial charge in [0.05, 0.1) is 0 Å². The molecule has 2 nitrogen and oxygen atoms in total. The van der Waals surface area contributed by atoms with Crippen molar-refractivity contribution in [1.29, 1.82) is 0 Å². The summed E-state index contributed by atoms with van der Waals surface area (Å²) in [7, 11) is 0. The van der Waals surface area contributed by atoms with Crippen molar-refractivity contribution in [2.24, 2.45) is 0 Å². The second kappa shape index (κ2) is 6.05. The van der Waals surface area contributed by atoms with Gasteiger partial charge in [0.25, 0.3) is 0 Å². The van der Waals surface area contributed by atoms with Gasteiger partial charge >= 0.3 is 0 Å². The number of rotatable bonds is 3. The van der Waals surface area contributed by atoms with Crippen LogP contribution in [0.5, 0.6) is 5.75 Å². The molecule has 0 saturated carbocycles. The molecule has 0 aliphatic rings. The maximum Gasteiger partial charge on any atom is 0.123 e. The summed E-state index contributed by atoms with van der Waals surface area (Å²) in [6.45, 7) is 1.30. The van der Waals surface area contributed by atoms with E-state index in [1.165, 1.54) is 0 Å². The number of aliphatic hydroxyl groups excluding tert-OH is 1. The van der Waals surface area contributed by atoms with E-state index >= 15 is 0 Å². The van der Waals surface area contributed by atoms with Gasteiger partial charge in [-0.05, 0) is 30.7 Å². The van der Waals surface area contributed by atoms with Gasteiger partial charge in [0.15, 0.2) is 0 Å². The quantitative estimate of drug-likeness (QED) is 0.766. The molecule has 1 aromatic rings. The van der Waals surface area contributed by atoms with Crippen LogP contribution in [-0.2, 0) is 0 Å². The Labute approximate surface area is 88.7 Å². The molecule has 0 aliphatic carbocycles. The van der Waals surface area contributed by atoms with E-state index < -0.39 is 6.67 Å². The highest BCUT2D eigenvalue weighted by Gasteiger charge is 1.99. The Morgan fingerprint density at radius 2 is 2.27 bits per heavy atom. The Kier molecular flexibility index (Phi) is 4.65. The summed E-state index contributed by atoms with van der Waals surface area (Å²) in [5, 5.41) is 8.53. The van der Waals surface area contributed by atoms with Gasteiger partial charge in [-0.2, -0.15) is 0 Å². The normalized spacial score (nSPS) is 9.27. The zero-order valence-corrected chi connectivity index (χ0v) is 8.59. The van der Waals surface area contributed by atoms with E-state index in [-0.39, 0.29) is 13.2 Å². The fourth-order valence-corrected chi connectivity index (χ4v) is 1.18. The number of benzene rings is 1. The smallest absolute Gasteiger partial charge is 0.123 e. The van der Waals surface area contributed by atoms with Crippen molar-refractivity contribution in [2.45, 2.75) is 6.92 Å². The Bertz CT molecular complexity index is 377. The predicted molar refractivity (Wildman–Crippen MR) is 56.6 cm³/mol. The topological polar surface area (TPSA) is 29.5 Å². The van der Waals surface area contributed by atoms with Gasteiger partial charge in [-0.3, -0.25) is 0 Å². The van der Waals surface area contributed by atoms with Crippen molar-refractivity contribution < 1.29 is 14.2 Å². The monoisotopic (exact) mass is 208 g/mol. The van der Waals surface area contributed by atoms with Crippen LogP contribution >= 0.6 is 0 Å². The molecule has 3 heteroatoms. The van der Waals surface area contributed by atoms with Crippen LogP contribution in [0.1, 0.15) is 11.1 Å². The molecule has 0 amide bonds. The molecule has 0 saturated heterocycles. The van der Waals surface area contributed by atoms with E-state index in [9.17, 15) is 4.39 Å². The standard InChI is InChI=1S/C12H13FO2/c1-10-9-11(3-2-7-14)4-5-12(10)15-8-6-13/h4-5,9,14H,6-8H2,1H3. The maximum atomic E-state index is 11.9. The third-order valence-corrected chi connectivity index (χ3v) is 1.82. The molecule has 0 bridgehead atoms. The molecule has 0 heterocycles. The van der Waals surface area contributed by atoms with Crippen LogP contribution in [-0.4, -0.2) is 25.0 Å². The van der Waals surface area contributed by atoms with Crippen molar-refractivity contribution in [3.05, 3.63) is 29.3 Å². The fourth-order valence-electron chi connectivity index (χ4n) is 1.18. The highest BCUT2D eigenvalue weighted by molar-refractivity contribution is 5.43. The van der Waals surface area contributed by atoms with E-state index in [0.29, 0.717) is 5.75 Å². The van der Waals surface area contributed by atoms with Crippen molar-refractivity contribution in [3.8, 4) is 17.6 Å². The SMILES string of the molecule is Cc1cc(C#CCO)ccc1OCCF. The van der Waals surface area contributed by atoms with Gasteiger partial charge in [0, 0.05) is 5.56 Å². The van der Waals surface area contributed by atoms with Crippen LogP contribution in [0.4, 0.5) is 4.39 Å². The van der Waals surface area contributed by atoms with E-state index in [4.69, 9.17) is 9.84 Å². The highest BCUT2D eigenvalue weighted by Crippen LogP contribution is 2.18. The van der Waals surface area contributed by atoms with Crippen LogP contribution in [0.25, 0.3) is 0 Å². The minimum atomic E-state index is -0.495. The Morgan fingerprint density at radius 1 is 1.47 bits per heavy atom.